The van der Waals surface area contributed by atoms with Gasteiger partial charge in [-0.2, -0.15) is 0 Å². The summed E-state index contributed by atoms with van der Waals surface area (Å²) in [6.07, 6.45) is -1.02. The van der Waals surface area contributed by atoms with Crippen LogP contribution in [0.5, 0.6) is 5.75 Å². The summed E-state index contributed by atoms with van der Waals surface area (Å²) in [5.74, 6) is -2.26. The van der Waals surface area contributed by atoms with Crippen LogP contribution in [0, 0.1) is 5.92 Å². The molecule has 5 heterocycles. The number of nitrogens with one attached hydrogen (secondary N) is 4. The van der Waals surface area contributed by atoms with E-state index in [0.29, 0.717) is 34.6 Å². The van der Waals surface area contributed by atoms with Crippen molar-refractivity contribution < 1.29 is 57.6 Å². The van der Waals surface area contributed by atoms with Crippen LogP contribution < -0.4 is 37.3 Å². The largest absolute Gasteiger partial charge is 0.458 e. The predicted molar refractivity (Wildman–Crippen MR) is 304 cm³/mol. The van der Waals surface area contributed by atoms with Gasteiger partial charge in [0.25, 0.3) is 5.56 Å². The number of urea groups is 1. The Bertz CT molecular complexity index is 3590. The smallest absolute Gasteiger partial charge is 0.415 e. The molecule has 22 nitrogen and oxygen atoms in total. The zero-order valence-corrected chi connectivity index (χ0v) is 46.6. The highest BCUT2D eigenvalue weighted by Crippen LogP contribution is 2.45. The molecule has 7 amide bonds. The lowest BCUT2D eigenvalue weighted by molar-refractivity contribution is -0.172. The summed E-state index contributed by atoms with van der Waals surface area (Å²) in [5.41, 5.74) is 12.0. The third-order valence-electron chi connectivity index (χ3n) is 16.0. The second-order valence-corrected chi connectivity index (χ2v) is 21.5. The zero-order chi connectivity index (χ0) is 58.9. The maximum atomic E-state index is 13.8. The molecule has 0 unspecified atom stereocenters. The molecule has 1 saturated heterocycles. The maximum absolute atomic E-state index is 13.8. The zero-order valence-electron chi connectivity index (χ0n) is 46.6. The Balaban J connectivity index is 0.700. The Labute approximate surface area is 477 Å². The van der Waals surface area contributed by atoms with Gasteiger partial charge >= 0.3 is 30.3 Å². The van der Waals surface area contributed by atoms with Gasteiger partial charge in [-0.15, -0.1) is 0 Å². The van der Waals surface area contributed by atoms with Crippen molar-refractivity contribution in [3.05, 3.63) is 146 Å². The number of hydrogen-bond acceptors (Lipinski definition) is 14. The number of carbonyl (C=O) groups is 7. The maximum Gasteiger partial charge on any atom is 0.415 e. The van der Waals surface area contributed by atoms with Crippen molar-refractivity contribution in [3.8, 4) is 28.3 Å². The third kappa shape index (κ3) is 11.4. The molecule has 6 aromatic rings. The molecule has 83 heavy (non-hydrogen) atoms. The topological polar surface area (TPSA) is 292 Å². The molecular formula is C61H65N9O13. The molecular weight excluding hydrogens is 1070 g/mol. The molecule has 0 bridgehead atoms. The number of nitrogens with two attached hydrogens (primary N) is 1. The van der Waals surface area contributed by atoms with Crippen LogP contribution in [0.2, 0.25) is 0 Å². The molecule has 7 N–H and O–H groups in total. The second-order valence-electron chi connectivity index (χ2n) is 21.5. The first-order valence-electron chi connectivity index (χ1n) is 27.7. The number of esters is 1. The van der Waals surface area contributed by atoms with Crippen LogP contribution in [0.25, 0.3) is 33.4 Å². The number of aliphatic hydroxyl groups is 1. The van der Waals surface area contributed by atoms with Crippen LogP contribution >= 0.6 is 0 Å². The summed E-state index contributed by atoms with van der Waals surface area (Å²) >= 11 is 0. The van der Waals surface area contributed by atoms with Gasteiger partial charge in [0.1, 0.15) is 37.7 Å². The van der Waals surface area contributed by atoms with Crippen LogP contribution in [-0.2, 0) is 60.4 Å². The number of fused-ring (bicyclic) bond motifs is 8. The van der Waals surface area contributed by atoms with E-state index in [1.165, 1.54) is 9.80 Å². The van der Waals surface area contributed by atoms with Gasteiger partial charge in [0, 0.05) is 54.8 Å². The summed E-state index contributed by atoms with van der Waals surface area (Å²) in [6.45, 7) is 7.64. The number of alkyl carbamates (subject to hydrolysis) is 1. The van der Waals surface area contributed by atoms with Crippen LogP contribution in [0.4, 0.5) is 24.9 Å². The monoisotopic (exact) mass is 1130 g/mol. The van der Waals surface area contributed by atoms with E-state index in [1.54, 1.807) is 80.9 Å². The Kier molecular flexibility index (Phi) is 16.2. The number of ether oxygens (including phenoxy) is 4. The van der Waals surface area contributed by atoms with Gasteiger partial charge in [-0.25, -0.2) is 29.0 Å². The first kappa shape index (κ1) is 56.9. The number of aryl methyl sites for hydroxylation is 1. The van der Waals surface area contributed by atoms with E-state index >= 15 is 0 Å². The Morgan fingerprint density at radius 3 is 2.24 bits per heavy atom. The van der Waals surface area contributed by atoms with E-state index < -0.39 is 65.7 Å². The van der Waals surface area contributed by atoms with E-state index in [0.717, 1.165) is 38.8 Å². The molecule has 10 rings (SSSR count). The first-order valence-corrected chi connectivity index (χ1v) is 27.7. The highest BCUT2D eigenvalue weighted by molar-refractivity contribution is 5.98. The van der Waals surface area contributed by atoms with Crippen molar-refractivity contribution in [2.75, 3.05) is 38.6 Å². The predicted octanol–water partition coefficient (Wildman–Crippen LogP) is 6.53. The highest BCUT2D eigenvalue weighted by atomic mass is 16.6. The van der Waals surface area contributed by atoms with Crippen molar-refractivity contribution in [1.82, 2.24) is 35.3 Å². The fourth-order valence-electron chi connectivity index (χ4n) is 11.3. The molecule has 4 aromatic carbocycles. The summed E-state index contributed by atoms with van der Waals surface area (Å²) in [7, 11) is 1.59. The number of likely N-dealkylation sites (N-methyl/N-ethyl adjacent to an activating group) is 1. The number of primary amides is 1. The van der Waals surface area contributed by atoms with Crippen LogP contribution in [0.3, 0.4) is 0 Å². The molecule has 2 aromatic heterocycles. The summed E-state index contributed by atoms with van der Waals surface area (Å²) in [6, 6.07) is 26.0. The van der Waals surface area contributed by atoms with Crippen LogP contribution in [-0.4, -0.2) is 118 Å². The number of likely N-dealkylation sites (tertiary alicyclic amines) is 1. The molecule has 22 heteroatoms. The lowest BCUT2D eigenvalue weighted by Gasteiger charge is -2.42. The Hall–Kier alpha value is -9.31. The minimum Gasteiger partial charge on any atom is -0.458 e. The normalized spacial score (nSPS) is 16.4. The van der Waals surface area contributed by atoms with Crippen molar-refractivity contribution in [2.24, 2.45) is 11.7 Å². The minimum absolute atomic E-state index is 0.0298. The number of aromatic nitrogens is 2. The first-order chi connectivity index (χ1) is 39.9. The molecule has 1 fully saturated rings. The van der Waals surface area contributed by atoms with E-state index in [4.69, 9.17) is 29.7 Å². The van der Waals surface area contributed by atoms with Crippen molar-refractivity contribution in [1.29, 1.82) is 0 Å². The van der Waals surface area contributed by atoms with Gasteiger partial charge in [-0.05, 0) is 101 Å². The van der Waals surface area contributed by atoms with Crippen molar-refractivity contribution in [3.63, 3.8) is 0 Å². The summed E-state index contributed by atoms with van der Waals surface area (Å²) < 4.78 is 23.9. The number of cyclic esters (lactones) is 1. The molecule has 3 aliphatic heterocycles. The third-order valence-corrected chi connectivity index (χ3v) is 16.0. The summed E-state index contributed by atoms with van der Waals surface area (Å²) in [4.78, 5) is 113. The van der Waals surface area contributed by atoms with Gasteiger partial charge in [0.2, 0.25) is 11.8 Å². The molecule has 0 saturated carbocycles. The second kappa shape index (κ2) is 23.6. The Morgan fingerprint density at radius 1 is 0.880 bits per heavy atom. The molecule has 4 aliphatic rings. The Morgan fingerprint density at radius 2 is 1.58 bits per heavy atom. The molecule has 432 valence electrons. The minimum atomic E-state index is -1.95. The summed E-state index contributed by atoms with van der Waals surface area (Å²) in [5, 5.41) is 22.8. The van der Waals surface area contributed by atoms with E-state index in [9.17, 15) is 43.5 Å². The molecule has 0 radical (unpaired) electrons. The number of carbonyl (C=O) groups excluding carboxylic acids is 7. The number of benzene rings is 4. The average Bonchev–Trinajstić information content (AvgIpc) is 2.17. The van der Waals surface area contributed by atoms with Gasteiger partial charge < -0.3 is 65.4 Å². The van der Waals surface area contributed by atoms with Crippen molar-refractivity contribution >= 4 is 58.7 Å². The van der Waals surface area contributed by atoms with E-state index in [2.05, 4.69) is 21.3 Å². The van der Waals surface area contributed by atoms with Gasteiger partial charge in [0.05, 0.1) is 35.1 Å². The SMILES string of the molecule is CCc1c2c(nc3ccc(OC(=O)N(C)C4CN(C(=O)OCc5ccc(NC(=O)[C@H](CCCNC(N)=O)NC(=O)[C@@H](NC(=O)OCC6c7ccccc7-c7ccccc76)C(C)C)cc5)C4)cc13)-c1cc3c(c(=O)n1C2)COC(=O)[C@]3(O)CC. The van der Waals surface area contributed by atoms with E-state index in [-0.39, 0.29) is 99.7 Å². The molecule has 3 atom stereocenters. The van der Waals surface area contributed by atoms with Crippen LogP contribution in [0.15, 0.2) is 102 Å². The molecule has 1 aliphatic carbocycles. The standard InChI is InChI=1S/C61H65N9O13/c1-6-38-43-25-37(22-23-48(43)65-52-44(38)29-70-50(52)26-47-46(55(70)73)32-80-56(74)61(47,79)7-2)83-59(77)68(5)36-27-69(28-36)60(78)82-30-34-18-20-35(21-19-34)64-53(71)49(17-12-24-63-57(62)75)66-54(72)51(33(3)4)67-58(76)81-31-45-41-15-10-8-13-39(41)40-14-9-11-16-42(40)45/h8-11,13-16,18-23,25-26,33,36,45,49,51,79H,6-7,12,17,24,27-32H2,1-5H3,(H,64,71)(H,66,72)(H,67,76)(H3,62,63,75)/t49-,51-,61-/m0/s1. The van der Waals surface area contributed by atoms with Gasteiger partial charge in [-0.1, -0.05) is 88.4 Å². The number of anilines is 1. The van der Waals surface area contributed by atoms with Crippen LogP contribution in [0.1, 0.15) is 91.8 Å². The lowest BCUT2D eigenvalue weighted by Crippen LogP contribution is -2.61. The van der Waals surface area contributed by atoms with Crippen molar-refractivity contribution in [2.45, 2.75) is 103 Å². The van der Waals surface area contributed by atoms with Gasteiger partial charge in [0.15, 0.2) is 5.60 Å². The number of rotatable bonds is 18. The average molecular weight is 1130 g/mol. The van der Waals surface area contributed by atoms with E-state index in [1.807, 2.05) is 55.5 Å². The fourth-order valence-corrected chi connectivity index (χ4v) is 11.3. The molecule has 0 spiro atoms. The highest BCUT2D eigenvalue weighted by Gasteiger charge is 2.46. The quantitative estimate of drug-likeness (QED) is 0.0303. The number of nitrogens with zero attached hydrogens (tertiary/aromatic N) is 4. The fraction of sp³-hybridized carbons (Fsp3) is 0.361. The van der Waals surface area contributed by atoms with Gasteiger partial charge in [-0.3, -0.25) is 14.4 Å². The lowest BCUT2D eigenvalue weighted by atomic mass is 9.86. The number of pyridine rings is 2. The number of hydrogen-bond donors (Lipinski definition) is 6. The number of amides is 7.